The molecule has 0 aliphatic carbocycles. The van der Waals surface area contributed by atoms with E-state index in [4.69, 9.17) is 4.74 Å². The number of rotatable bonds is 6. The second kappa shape index (κ2) is 7.28. The van der Waals surface area contributed by atoms with Crippen LogP contribution in [0.3, 0.4) is 0 Å². The number of thioether (sulfide) groups is 1. The molecule has 110 valence electrons. The van der Waals surface area contributed by atoms with Crippen LogP contribution in [0.1, 0.15) is 37.0 Å². The maximum atomic E-state index is 12.4. The molecule has 0 bridgehead atoms. The molecule has 0 spiro atoms. The molecule has 5 nitrogen and oxygen atoms in total. The van der Waals surface area contributed by atoms with E-state index >= 15 is 0 Å². The second-order valence-corrected chi connectivity index (χ2v) is 5.38. The van der Waals surface area contributed by atoms with Crippen LogP contribution in [0.15, 0.2) is 23.4 Å². The third-order valence-corrected chi connectivity index (χ3v) is 3.70. The van der Waals surface area contributed by atoms with Gasteiger partial charge in [0.1, 0.15) is 10.6 Å². The number of carbonyl (C=O) groups is 2. The smallest absolute Gasteiger partial charge is 0.331 e. The zero-order valence-corrected chi connectivity index (χ0v) is 13.0. The van der Waals surface area contributed by atoms with E-state index in [0.29, 0.717) is 17.0 Å². The number of nitrogens with one attached hydrogen (secondary N) is 1. The molecule has 1 atom stereocenters. The highest BCUT2D eigenvalue weighted by Crippen LogP contribution is 2.20. The summed E-state index contributed by atoms with van der Waals surface area (Å²) in [5.41, 5.74) is -0.558. The summed E-state index contributed by atoms with van der Waals surface area (Å²) in [6, 6.07) is 3.39. The van der Waals surface area contributed by atoms with Crippen LogP contribution in [0.25, 0.3) is 0 Å². The Morgan fingerprint density at radius 2 is 2.20 bits per heavy atom. The van der Waals surface area contributed by atoms with Crippen LogP contribution in [0.5, 0.6) is 0 Å². The van der Waals surface area contributed by atoms with Gasteiger partial charge in [-0.25, -0.2) is 9.78 Å². The Morgan fingerprint density at radius 1 is 1.50 bits per heavy atom. The minimum absolute atomic E-state index is 0.316. The number of carbonyl (C=O) groups excluding carboxylic acids is 2. The predicted molar refractivity (Wildman–Crippen MR) is 78.8 cm³/mol. The normalized spacial score (nSPS) is 13.4. The molecule has 0 aliphatic heterocycles. The minimum Gasteiger partial charge on any atom is -0.467 e. The van der Waals surface area contributed by atoms with Gasteiger partial charge in [0.25, 0.3) is 5.91 Å². The Hall–Kier alpha value is -1.56. The molecule has 0 aromatic carbocycles. The third-order valence-electron chi connectivity index (χ3n) is 2.98. The second-order valence-electron chi connectivity index (χ2n) is 4.59. The first-order chi connectivity index (χ1) is 9.48. The first kappa shape index (κ1) is 16.5. The molecule has 0 aliphatic rings. The van der Waals surface area contributed by atoms with E-state index in [1.165, 1.54) is 18.9 Å². The van der Waals surface area contributed by atoms with Crippen LogP contribution < -0.4 is 5.32 Å². The van der Waals surface area contributed by atoms with Crippen LogP contribution in [0.4, 0.5) is 0 Å². The van der Waals surface area contributed by atoms with Crippen molar-refractivity contribution in [2.75, 3.05) is 13.4 Å². The molecule has 1 rings (SSSR count). The number of aromatic nitrogens is 1. The van der Waals surface area contributed by atoms with Crippen molar-refractivity contribution in [3.8, 4) is 0 Å². The number of nitrogens with zero attached hydrogens (tertiary/aromatic N) is 1. The van der Waals surface area contributed by atoms with Gasteiger partial charge in [-0.2, -0.15) is 0 Å². The van der Waals surface area contributed by atoms with Gasteiger partial charge < -0.3 is 10.1 Å². The zero-order chi connectivity index (χ0) is 15.2. The lowest BCUT2D eigenvalue weighted by atomic mass is 9.95. The Kier molecular flexibility index (Phi) is 6.01. The minimum atomic E-state index is -1.02. The predicted octanol–water partition coefficient (Wildman–Crippen LogP) is 2.27. The summed E-state index contributed by atoms with van der Waals surface area (Å²) >= 11 is 1.39. The standard InChI is InChI=1S/C14H20N2O3S/c1-5-8-14(2,13(18)19-3)16-11(17)10-7-6-9-15-12(10)20-4/h6-7,9H,5,8H2,1-4H3,(H,16,17). The molecule has 0 fully saturated rings. The van der Waals surface area contributed by atoms with Gasteiger partial charge >= 0.3 is 5.97 Å². The number of methoxy groups -OCH3 is 1. The summed E-state index contributed by atoms with van der Waals surface area (Å²) in [7, 11) is 1.32. The fourth-order valence-corrected chi connectivity index (χ4v) is 2.53. The maximum Gasteiger partial charge on any atom is 0.331 e. The van der Waals surface area contributed by atoms with Crippen molar-refractivity contribution in [1.82, 2.24) is 10.3 Å². The fourth-order valence-electron chi connectivity index (χ4n) is 1.99. The van der Waals surface area contributed by atoms with E-state index in [1.54, 1.807) is 25.3 Å². The average Bonchev–Trinajstić information content (AvgIpc) is 2.46. The molecule has 0 radical (unpaired) electrons. The van der Waals surface area contributed by atoms with Crippen LogP contribution in [-0.4, -0.2) is 35.8 Å². The van der Waals surface area contributed by atoms with E-state index < -0.39 is 11.5 Å². The van der Waals surface area contributed by atoms with E-state index in [0.717, 1.165) is 6.42 Å². The fraction of sp³-hybridized carbons (Fsp3) is 0.500. The number of esters is 1. The van der Waals surface area contributed by atoms with E-state index in [9.17, 15) is 9.59 Å². The summed E-state index contributed by atoms with van der Waals surface area (Å²) in [5, 5.41) is 3.40. The summed E-state index contributed by atoms with van der Waals surface area (Å²) in [6.07, 6.45) is 4.76. The Morgan fingerprint density at radius 3 is 2.75 bits per heavy atom. The molecule has 1 amide bonds. The van der Waals surface area contributed by atoms with Crippen molar-refractivity contribution in [2.24, 2.45) is 0 Å². The highest BCUT2D eigenvalue weighted by atomic mass is 32.2. The molecular formula is C14H20N2O3S. The van der Waals surface area contributed by atoms with Crippen LogP contribution in [0, 0.1) is 0 Å². The zero-order valence-electron chi connectivity index (χ0n) is 12.2. The SMILES string of the molecule is CCCC(C)(NC(=O)c1cccnc1SC)C(=O)OC. The monoisotopic (exact) mass is 296 g/mol. The Bertz CT molecular complexity index is 493. The van der Waals surface area contributed by atoms with Crippen molar-refractivity contribution in [3.63, 3.8) is 0 Å². The molecule has 0 saturated carbocycles. The van der Waals surface area contributed by atoms with E-state index in [-0.39, 0.29) is 5.91 Å². The first-order valence-electron chi connectivity index (χ1n) is 6.38. The van der Waals surface area contributed by atoms with Crippen LogP contribution >= 0.6 is 11.8 Å². The maximum absolute atomic E-state index is 12.4. The highest BCUT2D eigenvalue weighted by molar-refractivity contribution is 7.98. The Labute approximate surface area is 123 Å². The van der Waals surface area contributed by atoms with Gasteiger partial charge in [-0.1, -0.05) is 13.3 Å². The molecule has 1 aromatic rings. The molecule has 0 saturated heterocycles. The molecule has 1 N–H and O–H groups in total. The summed E-state index contributed by atoms with van der Waals surface area (Å²) in [4.78, 5) is 28.4. The van der Waals surface area contributed by atoms with E-state index in [1.807, 2.05) is 13.2 Å². The molecular weight excluding hydrogens is 276 g/mol. The van der Waals surface area contributed by atoms with Gasteiger partial charge in [0.05, 0.1) is 12.7 Å². The van der Waals surface area contributed by atoms with Crippen molar-refractivity contribution in [1.29, 1.82) is 0 Å². The van der Waals surface area contributed by atoms with Crippen LogP contribution in [-0.2, 0) is 9.53 Å². The van der Waals surface area contributed by atoms with Gasteiger partial charge in [-0.05, 0) is 31.7 Å². The summed E-state index contributed by atoms with van der Waals surface area (Å²) in [6.45, 7) is 3.63. The molecule has 1 heterocycles. The van der Waals surface area contributed by atoms with Crippen LogP contribution in [0.2, 0.25) is 0 Å². The lowest BCUT2D eigenvalue weighted by molar-refractivity contribution is -0.147. The molecule has 6 heteroatoms. The lowest BCUT2D eigenvalue weighted by Gasteiger charge is -2.27. The molecule has 1 unspecified atom stereocenters. The molecule has 20 heavy (non-hydrogen) atoms. The topological polar surface area (TPSA) is 68.3 Å². The van der Waals surface area contributed by atoms with Crippen molar-refractivity contribution >= 4 is 23.6 Å². The van der Waals surface area contributed by atoms with Crippen molar-refractivity contribution in [3.05, 3.63) is 23.9 Å². The van der Waals surface area contributed by atoms with Gasteiger partial charge in [0.15, 0.2) is 0 Å². The number of amides is 1. The summed E-state index contributed by atoms with van der Waals surface area (Å²) < 4.78 is 4.79. The number of hydrogen-bond donors (Lipinski definition) is 1. The quantitative estimate of drug-likeness (QED) is 0.644. The van der Waals surface area contributed by atoms with Gasteiger partial charge in [0.2, 0.25) is 0 Å². The first-order valence-corrected chi connectivity index (χ1v) is 7.61. The van der Waals surface area contributed by atoms with Crippen molar-refractivity contribution in [2.45, 2.75) is 37.3 Å². The number of hydrogen-bond acceptors (Lipinski definition) is 5. The average molecular weight is 296 g/mol. The van der Waals surface area contributed by atoms with Gasteiger partial charge in [0, 0.05) is 6.20 Å². The van der Waals surface area contributed by atoms with E-state index in [2.05, 4.69) is 10.3 Å². The lowest BCUT2D eigenvalue weighted by Crippen LogP contribution is -2.52. The Balaban J connectivity index is 2.99. The highest BCUT2D eigenvalue weighted by Gasteiger charge is 2.35. The van der Waals surface area contributed by atoms with Gasteiger partial charge in [-0.3, -0.25) is 4.79 Å². The number of pyridine rings is 1. The third kappa shape index (κ3) is 3.72. The number of ether oxygens (including phenoxy) is 1. The van der Waals surface area contributed by atoms with Crippen molar-refractivity contribution < 1.29 is 14.3 Å². The van der Waals surface area contributed by atoms with Gasteiger partial charge in [-0.15, -0.1) is 11.8 Å². The molecule has 1 aromatic heterocycles. The largest absolute Gasteiger partial charge is 0.467 e. The summed E-state index contributed by atoms with van der Waals surface area (Å²) in [5.74, 6) is -0.758.